The van der Waals surface area contributed by atoms with Crippen LogP contribution in [0.15, 0.2) is 29.2 Å². The highest BCUT2D eigenvalue weighted by Crippen LogP contribution is 2.13. The van der Waals surface area contributed by atoms with E-state index in [1.54, 1.807) is 4.72 Å². The van der Waals surface area contributed by atoms with Crippen molar-refractivity contribution < 1.29 is 13.2 Å². The van der Waals surface area contributed by atoms with Crippen LogP contribution in [0.25, 0.3) is 0 Å². The number of nitrogens with two attached hydrogens (primary N) is 1. The predicted molar refractivity (Wildman–Crippen MR) is 55.8 cm³/mol. The van der Waals surface area contributed by atoms with Crippen LogP contribution >= 0.6 is 11.6 Å². The van der Waals surface area contributed by atoms with E-state index in [0.29, 0.717) is 5.02 Å². The molecule has 0 aliphatic rings. The van der Waals surface area contributed by atoms with E-state index in [9.17, 15) is 13.2 Å². The van der Waals surface area contributed by atoms with Crippen LogP contribution < -0.4 is 10.5 Å². The molecule has 0 atom stereocenters. The number of rotatable bonds is 3. The first-order valence-electron chi connectivity index (χ1n) is 3.97. The molecule has 0 saturated carbocycles. The van der Waals surface area contributed by atoms with E-state index in [1.165, 1.54) is 24.3 Å². The van der Waals surface area contributed by atoms with E-state index in [1.807, 2.05) is 0 Å². The maximum absolute atomic E-state index is 11.5. The summed E-state index contributed by atoms with van der Waals surface area (Å²) in [4.78, 5) is 10.8. The first-order chi connectivity index (χ1) is 6.95. The molecule has 15 heavy (non-hydrogen) atoms. The highest BCUT2D eigenvalue weighted by Gasteiger charge is 2.15. The predicted octanol–water partition coefficient (Wildman–Crippen LogP) is 0.104. The average molecular weight is 249 g/mol. The van der Waals surface area contributed by atoms with Gasteiger partial charge in [0.05, 0.1) is 11.4 Å². The smallest absolute Gasteiger partial charge is 0.264 e. The van der Waals surface area contributed by atoms with Crippen LogP contribution in [-0.2, 0) is 14.8 Å². The Balaban J connectivity index is 2.96. The quantitative estimate of drug-likeness (QED) is 0.794. The van der Waals surface area contributed by atoms with Gasteiger partial charge in [-0.3, -0.25) is 4.79 Å². The molecule has 7 heteroatoms. The number of halogens is 1. The molecule has 1 amide bonds. The zero-order chi connectivity index (χ0) is 11.5. The van der Waals surface area contributed by atoms with Gasteiger partial charge >= 0.3 is 0 Å². The first-order valence-corrected chi connectivity index (χ1v) is 5.83. The Morgan fingerprint density at radius 3 is 2.33 bits per heavy atom. The summed E-state index contributed by atoms with van der Waals surface area (Å²) in [7, 11) is -3.83. The molecule has 0 heterocycles. The summed E-state index contributed by atoms with van der Waals surface area (Å²) >= 11 is 5.59. The maximum Gasteiger partial charge on any atom is 0.264 e. The van der Waals surface area contributed by atoms with Gasteiger partial charge in [-0.05, 0) is 24.3 Å². The lowest BCUT2D eigenvalue weighted by molar-refractivity contribution is -0.118. The van der Waals surface area contributed by atoms with Crippen LogP contribution in [-0.4, -0.2) is 20.9 Å². The molecule has 82 valence electrons. The van der Waals surface area contributed by atoms with Crippen molar-refractivity contribution in [3.63, 3.8) is 0 Å². The van der Waals surface area contributed by atoms with Crippen molar-refractivity contribution in [2.24, 2.45) is 5.73 Å². The lowest BCUT2D eigenvalue weighted by atomic mass is 10.4. The van der Waals surface area contributed by atoms with E-state index in [2.05, 4.69) is 0 Å². The molecule has 0 aliphatic carbocycles. The van der Waals surface area contributed by atoms with Crippen LogP contribution in [0.2, 0.25) is 5.02 Å². The number of sulfonamides is 1. The van der Waals surface area contributed by atoms with E-state index < -0.39 is 15.9 Å². The Kier molecular flexibility index (Phi) is 3.67. The van der Waals surface area contributed by atoms with Crippen molar-refractivity contribution in [2.45, 2.75) is 4.90 Å². The lowest BCUT2D eigenvalue weighted by Gasteiger charge is -2.05. The van der Waals surface area contributed by atoms with Crippen LogP contribution in [0.1, 0.15) is 0 Å². The van der Waals surface area contributed by atoms with Crippen LogP contribution in [0.4, 0.5) is 0 Å². The first kappa shape index (κ1) is 12.0. The van der Waals surface area contributed by atoms with Crippen molar-refractivity contribution >= 4 is 27.5 Å². The average Bonchev–Trinajstić information content (AvgIpc) is 2.17. The Labute approximate surface area is 92.3 Å². The lowest BCUT2D eigenvalue weighted by Crippen LogP contribution is -2.35. The minimum atomic E-state index is -3.83. The number of carbonyl (C=O) groups excluding carboxylic acids is 1. The fraction of sp³-hybridized carbons (Fsp3) is 0.125. The van der Waals surface area contributed by atoms with Crippen LogP contribution in [0.3, 0.4) is 0 Å². The number of benzene rings is 1. The number of carbonyl (C=O) groups is 1. The summed E-state index contributed by atoms with van der Waals surface area (Å²) in [5, 5.41) is 0.416. The van der Waals surface area contributed by atoms with Gasteiger partial charge in [0.25, 0.3) is 10.0 Å². The third kappa shape index (κ3) is 3.19. The number of hydrogen-bond acceptors (Lipinski definition) is 4. The second kappa shape index (κ2) is 4.61. The summed E-state index contributed by atoms with van der Waals surface area (Å²) in [6, 6.07) is 5.44. The normalized spacial score (nSPS) is 11.1. The van der Waals surface area contributed by atoms with E-state index in [0.717, 1.165) is 0 Å². The highest BCUT2D eigenvalue weighted by atomic mass is 35.5. The zero-order valence-electron chi connectivity index (χ0n) is 7.60. The largest absolute Gasteiger partial charge is 0.322 e. The summed E-state index contributed by atoms with van der Waals surface area (Å²) in [6.45, 7) is -0.382. The van der Waals surface area contributed by atoms with Gasteiger partial charge < -0.3 is 5.73 Å². The SMILES string of the molecule is NCC(=O)NS(=O)(=O)c1ccc(Cl)cc1. The molecule has 1 rings (SSSR count). The third-order valence-electron chi connectivity index (χ3n) is 1.56. The second-order valence-electron chi connectivity index (χ2n) is 2.69. The summed E-state index contributed by atoms with van der Waals surface area (Å²) in [5.41, 5.74) is 4.98. The minimum absolute atomic E-state index is 0.0336. The maximum atomic E-state index is 11.5. The summed E-state index contributed by atoms with van der Waals surface area (Å²) in [6.07, 6.45) is 0. The minimum Gasteiger partial charge on any atom is -0.322 e. The molecule has 0 radical (unpaired) electrons. The van der Waals surface area contributed by atoms with Crippen molar-refractivity contribution in [1.29, 1.82) is 0 Å². The van der Waals surface area contributed by atoms with Crippen LogP contribution in [0.5, 0.6) is 0 Å². The monoisotopic (exact) mass is 248 g/mol. The molecule has 1 aromatic rings. The van der Waals surface area contributed by atoms with Gasteiger partial charge in [-0.2, -0.15) is 0 Å². The molecular weight excluding hydrogens is 240 g/mol. The highest BCUT2D eigenvalue weighted by molar-refractivity contribution is 7.90. The van der Waals surface area contributed by atoms with Crippen molar-refractivity contribution in [2.75, 3.05) is 6.54 Å². The fourth-order valence-electron chi connectivity index (χ4n) is 0.864. The topological polar surface area (TPSA) is 89.3 Å². The van der Waals surface area contributed by atoms with Crippen molar-refractivity contribution in [1.82, 2.24) is 4.72 Å². The molecular formula is C8H9ClN2O3S. The van der Waals surface area contributed by atoms with Gasteiger partial charge in [-0.15, -0.1) is 0 Å². The van der Waals surface area contributed by atoms with Crippen molar-refractivity contribution in [3.8, 4) is 0 Å². The Bertz CT molecular complexity index is 455. The van der Waals surface area contributed by atoms with E-state index >= 15 is 0 Å². The summed E-state index contributed by atoms with van der Waals surface area (Å²) < 4.78 is 24.8. The molecule has 0 aliphatic heterocycles. The molecule has 0 saturated heterocycles. The third-order valence-corrected chi connectivity index (χ3v) is 3.20. The van der Waals surface area contributed by atoms with Gasteiger partial charge in [0.2, 0.25) is 5.91 Å². The van der Waals surface area contributed by atoms with Gasteiger partial charge in [-0.25, -0.2) is 13.1 Å². The van der Waals surface area contributed by atoms with Crippen LogP contribution in [0, 0.1) is 0 Å². The molecule has 5 nitrogen and oxygen atoms in total. The molecule has 3 N–H and O–H groups in total. The van der Waals surface area contributed by atoms with Gasteiger partial charge in [-0.1, -0.05) is 11.6 Å². The molecule has 0 unspecified atom stereocenters. The number of hydrogen-bond donors (Lipinski definition) is 2. The second-order valence-corrected chi connectivity index (χ2v) is 4.81. The zero-order valence-corrected chi connectivity index (χ0v) is 9.18. The van der Waals surface area contributed by atoms with E-state index in [4.69, 9.17) is 17.3 Å². The Hall–Kier alpha value is -1.11. The van der Waals surface area contributed by atoms with Crippen molar-refractivity contribution in [3.05, 3.63) is 29.3 Å². The molecule has 0 fully saturated rings. The molecule has 1 aromatic carbocycles. The van der Waals surface area contributed by atoms with E-state index in [-0.39, 0.29) is 11.4 Å². The number of amides is 1. The number of nitrogens with one attached hydrogen (secondary N) is 1. The van der Waals surface area contributed by atoms with Gasteiger partial charge in [0.15, 0.2) is 0 Å². The fourth-order valence-corrected chi connectivity index (χ4v) is 1.99. The Morgan fingerprint density at radius 2 is 1.87 bits per heavy atom. The van der Waals surface area contributed by atoms with Gasteiger partial charge in [0, 0.05) is 5.02 Å². The Morgan fingerprint density at radius 1 is 1.33 bits per heavy atom. The molecule has 0 aromatic heterocycles. The standard InChI is InChI=1S/C8H9ClN2O3S/c9-6-1-3-7(4-2-6)15(13,14)11-8(12)5-10/h1-4H,5,10H2,(H,11,12). The summed E-state index contributed by atoms with van der Waals surface area (Å²) in [5.74, 6) is -0.759. The van der Waals surface area contributed by atoms with Gasteiger partial charge in [0.1, 0.15) is 0 Å². The molecule has 0 spiro atoms. The molecule has 0 bridgehead atoms.